The van der Waals surface area contributed by atoms with Crippen molar-refractivity contribution in [3.05, 3.63) is 33.9 Å². The summed E-state index contributed by atoms with van der Waals surface area (Å²) in [4.78, 5) is 9.71. The van der Waals surface area contributed by atoms with Crippen molar-refractivity contribution in [1.82, 2.24) is 0 Å². The molecule has 2 rings (SSSR count). The number of hydrogen-bond acceptors (Lipinski definition) is 4. The minimum absolute atomic E-state index is 0.239. The third-order valence-corrected chi connectivity index (χ3v) is 3.53. The number of hydrogen-bond donors (Lipinski definition) is 2. The van der Waals surface area contributed by atoms with Gasteiger partial charge in [0, 0.05) is 17.8 Å². The Balaban J connectivity index is 2.39. The highest BCUT2D eigenvalue weighted by atomic mass is 19.4. The van der Waals surface area contributed by atoms with Crippen molar-refractivity contribution in [2.75, 3.05) is 11.9 Å². The van der Waals surface area contributed by atoms with Gasteiger partial charge in [0.2, 0.25) is 0 Å². The van der Waals surface area contributed by atoms with E-state index in [1.54, 1.807) is 0 Å². The first-order valence-corrected chi connectivity index (χ1v) is 6.02. The average molecular weight is 290 g/mol. The molecule has 5 nitrogen and oxygen atoms in total. The summed E-state index contributed by atoms with van der Waals surface area (Å²) in [6, 6.07) is 2.56. The van der Waals surface area contributed by atoms with Crippen LogP contribution in [0.5, 0.6) is 0 Å². The largest absolute Gasteiger partial charge is 0.418 e. The first-order chi connectivity index (χ1) is 9.27. The van der Waals surface area contributed by atoms with Gasteiger partial charge in [-0.05, 0) is 25.3 Å². The predicted molar refractivity (Wildman–Crippen MR) is 65.4 cm³/mol. The summed E-state index contributed by atoms with van der Waals surface area (Å²) in [6.07, 6.45) is -2.74. The maximum atomic E-state index is 13.0. The van der Waals surface area contributed by atoms with Crippen molar-refractivity contribution in [3.8, 4) is 0 Å². The summed E-state index contributed by atoms with van der Waals surface area (Å²) in [7, 11) is 0. The number of aliphatic hydroxyl groups is 1. The van der Waals surface area contributed by atoms with Gasteiger partial charge in [0.25, 0.3) is 5.69 Å². The maximum absolute atomic E-state index is 13.0. The first-order valence-electron chi connectivity index (χ1n) is 6.02. The smallest absolute Gasteiger partial charge is 0.394 e. The van der Waals surface area contributed by atoms with Crippen LogP contribution in [0.4, 0.5) is 24.5 Å². The molecule has 0 spiro atoms. The zero-order valence-electron chi connectivity index (χ0n) is 10.4. The average Bonchev–Trinajstić information content (AvgIpc) is 2.32. The number of benzene rings is 1. The molecule has 0 heterocycles. The molecule has 1 saturated carbocycles. The van der Waals surface area contributed by atoms with Gasteiger partial charge in [-0.2, -0.15) is 13.2 Å². The molecule has 20 heavy (non-hydrogen) atoms. The zero-order chi connectivity index (χ0) is 15.0. The molecule has 2 N–H and O–H groups in total. The van der Waals surface area contributed by atoms with Crippen LogP contribution in [0.1, 0.15) is 24.8 Å². The number of nitro groups is 1. The number of nitrogens with zero attached hydrogens (tertiary/aromatic N) is 1. The highest BCUT2D eigenvalue weighted by Gasteiger charge is 2.40. The molecule has 1 aromatic rings. The minimum Gasteiger partial charge on any atom is -0.394 e. The SMILES string of the molecule is O=[N+]([O-])c1ccc(NC2(CO)CCC2)c(C(F)(F)F)c1. The van der Waals surface area contributed by atoms with Gasteiger partial charge < -0.3 is 10.4 Å². The molecule has 0 saturated heterocycles. The van der Waals surface area contributed by atoms with Crippen LogP contribution in [0.2, 0.25) is 0 Å². The third-order valence-electron chi connectivity index (χ3n) is 3.53. The number of aliphatic hydroxyl groups excluding tert-OH is 1. The van der Waals surface area contributed by atoms with Crippen LogP contribution in [0.3, 0.4) is 0 Å². The number of non-ortho nitro benzene ring substituents is 1. The van der Waals surface area contributed by atoms with Crippen LogP contribution in [-0.2, 0) is 6.18 Å². The van der Waals surface area contributed by atoms with E-state index in [0.29, 0.717) is 18.9 Å². The molecule has 0 atom stereocenters. The lowest BCUT2D eigenvalue weighted by Gasteiger charge is -2.42. The fourth-order valence-electron chi connectivity index (χ4n) is 2.20. The van der Waals surface area contributed by atoms with Gasteiger partial charge in [0.05, 0.1) is 22.6 Å². The molecule has 8 heteroatoms. The van der Waals surface area contributed by atoms with E-state index >= 15 is 0 Å². The number of anilines is 1. The summed E-state index contributed by atoms with van der Waals surface area (Å²) in [6.45, 7) is -0.277. The first kappa shape index (κ1) is 14.6. The molecule has 0 unspecified atom stereocenters. The van der Waals surface area contributed by atoms with Gasteiger partial charge in [-0.15, -0.1) is 0 Å². The topological polar surface area (TPSA) is 75.4 Å². The lowest BCUT2D eigenvalue weighted by Crippen LogP contribution is -2.48. The number of nitrogens with one attached hydrogen (secondary N) is 1. The Bertz CT molecular complexity index is 522. The van der Waals surface area contributed by atoms with Gasteiger partial charge in [-0.1, -0.05) is 0 Å². The Morgan fingerprint density at radius 2 is 2.05 bits per heavy atom. The lowest BCUT2D eigenvalue weighted by molar-refractivity contribution is -0.385. The molecule has 0 aromatic heterocycles. The summed E-state index contributed by atoms with van der Waals surface area (Å²) in [5.41, 5.74) is -2.70. The van der Waals surface area contributed by atoms with E-state index in [1.807, 2.05) is 0 Å². The van der Waals surface area contributed by atoms with E-state index in [1.165, 1.54) is 0 Å². The quantitative estimate of drug-likeness (QED) is 0.660. The molecule has 0 amide bonds. The van der Waals surface area contributed by atoms with Crippen molar-refractivity contribution in [3.63, 3.8) is 0 Å². The second-order valence-electron chi connectivity index (χ2n) is 4.90. The maximum Gasteiger partial charge on any atom is 0.418 e. The molecule has 1 aliphatic carbocycles. The van der Waals surface area contributed by atoms with E-state index in [2.05, 4.69) is 5.32 Å². The summed E-state index contributed by atoms with van der Waals surface area (Å²) < 4.78 is 38.9. The summed E-state index contributed by atoms with van der Waals surface area (Å²) in [5.74, 6) is 0. The molecule has 0 aliphatic heterocycles. The minimum atomic E-state index is -4.70. The molecular formula is C12H13F3N2O3. The van der Waals surface area contributed by atoms with Gasteiger partial charge in [-0.3, -0.25) is 10.1 Å². The van der Waals surface area contributed by atoms with Crippen molar-refractivity contribution in [2.45, 2.75) is 31.0 Å². The Morgan fingerprint density at radius 3 is 2.45 bits per heavy atom. The fourth-order valence-corrected chi connectivity index (χ4v) is 2.20. The molecule has 1 aliphatic rings. The second kappa shape index (κ2) is 4.93. The van der Waals surface area contributed by atoms with Crippen molar-refractivity contribution in [1.29, 1.82) is 0 Å². The Morgan fingerprint density at radius 1 is 1.40 bits per heavy atom. The zero-order valence-corrected chi connectivity index (χ0v) is 10.4. The number of nitro benzene ring substituents is 1. The molecule has 110 valence electrons. The van der Waals surface area contributed by atoms with Crippen LogP contribution in [0, 0.1) is 10.1 Å². The highest BCUT2D eigenvalue weighted by Crippen LogP contribution is 2.41. The van der Waals surface area contributed by atoms with Crippen molar-refractivity contribution >= 4 is 11.4 Å². The summed E-state index contributed by atoms with van der Waals surface area (Å²) in [5, 5.41) is 22.6. The molecule has 0 bridgehead atoms. The van der Waals surface area contributed by atoms with Crippen molar-refractivity contribution < 1.29 is 23.2 Å². The predicted octanol–water partition coefficient (Wildman–Crippen LogP) is 2.94. The lowest BCUT2D eigenvalue weighted by atomic mass is 9.77. The van der Waals surface area contributed by atoms with Gasteiger partial charge >= 0.3 is 6.18 Å². The van der Waals surface area contributed by atoms with E-state index in [-0.39, 0.29) is 12.3 Å². The Hall–Kier alpha value is -1.83. The monoisotopic (exact) mass is 290 g/mol. The van der Waals surface area contributed by atoms with Gasteiger partial charge in [0.15, 0.2) is 0 Å². The van der Waals surface area contributed by atoms with Gasteiger partial charge in [-0.25, -0.2) is 0 Å². The summed E-state index contributed by atoms with van der Waals surface area (Å²) >= 11 is 0. The van der Waals surface area contributed by atoms with Gasteiger partial charge in [0.1, 0.15) is 0 Å². The van der Waals surface area contributed by atoms with E-state index in [9.17, 15) is 28.4 Å². The third kappa shape index (κ3) is 2.69. The van der Waals surface area contributed by atoms with Crippen molar-refractivity contribution in [2.24, 2.45) is 0 Å². The normalized spacial score (nSPS) is 17.4. The van der Waals surface area contributed by atoms with E-state index in [0.717, 1.165) is 18.6 Å². The Labute approximate surface area is 112 Å². The number of rotatable bonds is 4. The Kier molecular flexibility index (Phi) is 3.59. The number of alkyl halides is 3. The molecular weight excluding hydrogens is 277 g/mol. The van der Waals surface area contributed by atoms with Crippen LogP contribution in [-0.4, -0.2) is 22.2 Å². The van der Waals surface area contributed by atoms with Crippen LogP contribution < -0.4 is 5.32 Å². The van der Waals surface area contributed by atoms with E-state index < -0.39 is 27.9 Å². The second-order valence-corrected chi connectivity index (χ2v) is 4.90. The molecule has 0 radical (unpaired) electrons. The van der Waals surface area contributed by atoms with Crippen LogP contribution in [0.25, 0.3) is 0 Å². The highest BCUT2D eigenvalue weighted by molar-refractivity contribution is 5.59. The molecule has 1 fully saturated rings. The van der Waals surface area contributed by atoms with E-state index in [4.69, 9.17) is 0 Å². The van der Waals surface area contributed by atoms with Crippen LogP contribution >= 0.6 is 0 Å². The van der Waals surface area contributed by atoms with Crippen LogP contribution in [0.15, 0.2) is 18.2 Å². The molecule has 1 aromatic carbocycles. The number of halogens is 3. The standard InChI is InChI=1S/C12H13F3N2O3/c13-12(14,15)9-6-8(17(19)20)2-3-10(9)16-11(7-18)4-1-5-11/h2-3,6,16,18H,1,4-5,7H2. The fraction of sp³-hybridized carbons (Fsp3) is 0.500.